The van der Waals surface area contributed by atoms with Crippen LogP contribution in [-0.2, 0) is 47.5 Å². The number of anilines is 1. The maximum atomic E-state index is 16.0. The summed E-state index contributed by atoms with van der Waals surface area (Å²) in [6.07, 6.45) is 4.98. The van der Waals surface area contributed by atoms with E-state index < -0.39 is 30.7 Å². The number of methoxy groups -OCH3 is 3. The molecule has 12 nitrogen and oxygen atoms in total. The smallest absolute Gasteiger partial charge is 0.306 e. The lowest BCUT2D eigenvalue weighted by Crippen LogP contribution is -2.59. The number of fused-ring (bicyclic) bond motifs is 8. The van der Waals surface area contributed by atoms with Gasteiger partial charge in [-0.05, 0) is 127 Å². The van der Waals surface area contributed by atoms with Gasteiger partial charge in [-0.15, -0.1) is 0 Å². The molecule has 0 spiro atoms. The molecule has 4 heterocycles. The van der Waals surface area contributed by atoms with Crippen LogP contribution < -0.4 is 4.90 Å². The summed E-state index contributed by atoms with van der Waals surface area (Å²) in [5, 5.41) is 0. The normalized spacial score (nSPS) is 44.0. The lowest BCUT2D eigenvalue weighted by atomic mass is 9.66. The number of cyclic esters (lactones) is 1. The highest BCUT2D eigenvalue weighted by molar-refractivity contribution is 5.99. The Morgan fingerprint density at radius 2 is 1.61 bits per heavy atom. The van der Waals surface area contributed by atoms with E-state index in [-0.39, 0.29) is 102 Å². The summed E-state index contributed by atoms with van der Waals surface area (Å²) in [5.74, 6) is -1.14. The number of hydrogen-bond donors (Lipinski definition) is 0. The first-order valence-electron chi connectivity index (χ1n) is 23.1. The van der Waals surface area contributed by atoms with Gasteiger partial charge in [0.2, 0.25) is 0 Å². The second-order valence-corrected chi connectivity index (χ2v) is 19.4. The molecule has 0 bridgehead atoms. The van der Waals surface area contributed by atoms with Crippen LogP contribution >= 0.6 is 0 Å². The number of Topliss-reactive ketones (excluding diaryl/α,β-unsaturated/α-hetero) is 1. The Hall–Kier alpha value is -2.49. The van der Waals surface area contributed by atoms with Crippen LogP contribution in [0.15, 0.2) is 29.8 Å². The topological polar surface area (TPSA) is 114 Å². The Bertz CT molecular complexity index is 1740. The molecular formula is C48H71FN2O10. The summed E-state index contributed by atoms with van der Waals surface area (Å²) in [5.41, 5.74) is 2.18. The van der Waals surface area contributed by atoms with Gasteiger partial charge >= 0.3 is 5.97 Å². The van der Waals surface area contributed by atoms with E-state index in [1.54, 1.807) is 27.4 Å². The lowest BCUT2D eigenvalue weighted by Gasteiger charge is -2.44. The summed E-state index contributed by atoms with van der Waals surface area (Å²) < 4.78 is 66.4. The van der Waals surface area contributed by atoms with Gasteiger partial charge in [0.1, 0.15) is 30.2 Å². The van der Waals surface area contributed by atoms with Crippen LogP contribution in [0.4, 0.5) is 10.1 Å². The summed E-state index contributed by atoms with van der Waals surface area (Å²) in [6.45, 7) is 10.1. The molecule has 13 heteroatoms. The predicted molar refractivity (Wildman–Crippen MR) is 226 cm³/mol. The number of aryl methyl sites for hydroxylation is 1. The van der Waals surface area contributed by atoms with Crippen molar-refractivity contribution in [2.24, 2.45) is 35.5 Å². The number of rotatable bonds is 10. The summed E-state index contributed by atoms with van der Waals surface area (Å²) in [7, 11) is 9.10. The second-order valence-electron chi connectivity index (χ2n) is 19.4. The van der Waals surface area contributed by atoms with Gasteiger partial charge in [0.05, 0.1) is 48.6 Å². The van der Waals surface area contributed by atoms with Crippen molar-refractivity contribution in [1.82, 2.24) is 4.90 Å². The number of likely N-dealkylation sites (N-methyl/N-ethyl adjacent to an activating group) is 1. The summed E-state index contributed by atoms with van der Waals surface area (Å²) in [4.78, 5) is 33.7. The van der Waals surface area contributed by atoms with Crippen LogP contribution in [0.5, 0.6) is 0 Å². The number of ketones is 1. The number of carbonyl (C=O) groups excluding carboxylic acids is 2. The molecule has 61 heavy (non-hydrogen) atoms. The van der Waals surface area contributed by atoms with E-state index in [9.17, 15) is 4.79 Å². The first kappa shape index (κ1) is 45.1. The molecule has 0 radical (unpaired) electrons. The van der Waals surface area contributed by atoms with Gasteiger partial charge in [-0.3, -0.25) is 9.59 Å². The number of nitrogens with zero attached hydrogens (tertiary/aromatic N) is 2. The van der Waals surface area contributed by atoms with Crippen molar-refractivity contribution in [2.45, 2.75) is 172 Å². The standard InChI is InChI=1S/C48H71FN2O10/c1-11-28-15-13-17-37(61-39-19-18-36(50(6)7)26(4)57-39)25(3)44(53)34-22-31-30-20-29(60-48-47(56-10)46(55-9)45(54-8)27(5)58-48)21-33(30)42-43(40(31)32(34)23-38(52)59-28)51(42)41-24(2)14-12-16-35(41)49/h12,14,16,22,25-33,36-37,39-40,42-43,45-48H,11,13,15,17-21,23H2,1-10H3/t25-,26?,27?,28+,29+,30+,31+,32-,33-,36+,37+,39+,40-,42+,43-,45+,46?,47+,48+,51?/m1/s1. The van der Waals surface area contributed by atoms with Crippen molar-refractivity contribution in [2.75, 3.05) is 40.3 Å². The SMILES string of the molecule is CC[C@H]1CCC[C@H](O[C@H]2CC[C@H](N(C)C)C(C)O2)[C@@H](C)C(=O)C2=C[C@H]3[C@@H]4C[C@H](O[C@@H]5OC(C)[C@H](OC)C(OC)[C@@H]5OC)C[C@H]4[C@H]4[C@@H]([C@H]3[C@@H]2CC(=O)O1)N4c1c(C)cccc1F. The van der Waals surface area contributed by atoms with Gasteiger partial charge in [0.25, 0.3) is 0 Å². The number of halogens is 1. The Balaban J connectivity index is 1.12. The van der Waals surface area contributed by atoms with Gasteiger partial charge in [-0.1, -0.05) is 32.1 Å². The van der Waals surface area contributed by atoms with Gasteiger partial charge in [0.15, 0.2) is 18.4 Å². The Labute approximate surface area is 362 Å². The van der Waals surface area contributed by atoms with Crippen LogP contribution in [0.25, 0.3) is 0 Å². The highest BCUT2D eigenvalue weighted by Gasteiger charge is 2.69. The number of hydrogen-bond acceptors (Lipinski definition) is 12. The minimum atomic E-state index is -0.681. The van der Waals surface area contributed by atoms with Crippen molar-refractivity contribution in [3.63, 3.8) is 0 Å². The largest absolute Gasteiger partial charge is 0.462 e. The summed E-state index contributed by atoms with van der Waals surface area (Å²) in [6, 6.07) is 5.52. The van der Waals surface area contributed by atoms with Crippen molar-refractivity contribution in [3.05, 3.63) is 41.2 Å². The quantitative estimate of drug-likeness (QED) is 0.186. The molecule has 3 aliphatic carbocycles. The first-order chi connectivity index (χ1) is 29.3. The molecular weight excluding hydrogens is 784 g/mol. The maximum Gasteiger partial charge on any atom is 0.306 e. The number of esters is 1. The molecule has 3 unspecified atom stereocenters. The zero-order valence-electron chi connectivity index (χ0n) is 38.0. The number of benzene rings is 1. The average Bonchev–Trinajstić information content (AvgIpc) is 3.59. The van der Waals surface area contributed by atoms with Crippen LogP contribution in [0.2, 0.25) is 0 Å². The van der Waals surface area contributed by atoms with Gasteiger partial charge in [-0.25, -0.2) is 4.39 Å². The van der Waals surface area contributed by atoms with Crippen molar-refractivity contribution >= 4 is 17.4 Å². The van der Waals surface area contributed by atoms with Gasteiger partial charge < -0.3 is 47.7 Å². The van der Waals surface area contributed by atoms with Crippen LogP contribution in [-0.4, -0.2) is 132 Å². The highest BCUT2D eigenvalue weighted by Crippen LogP contribution is 2.65. The molecule has 0 N–H and O–H groups in total. The zero-order valence-corrected chi connectivity index (χ0v) is 38.0. The number of carbonyl (C=O) groups is 2. The minimum Gasteiger partial charge on any atom is -0.462 e. The molecule has 4 aliphatic heterocycles. The fraction of sp³-hybridized carbons (Fsp3) is 0.792. The third-order valence-electron chi connectivity index (χ3n) is 15.9. The second kappa shape index (κ2) is 18.5. The maximum absolute atomic E-state index is 16.0. The molecule has 6 fully saturated rings. The Morgan fingerprint density at radius 1 is 0.869 bits per heavy atom. The Kier molecular flexibility index (Phi) is 13.7. The zero-order chi connectivity index (χ0) is 43.4. The molecule has 0 aromatic heterocycles. The van der Waals surface area contributed by atoms with E-state index >= 15 is 9.18 Å². The van der Waals surface area contributed by atoms with Crippen molar-refractivity contribution in [3.8, 4) is 0 Å². The third-order valence-corrected chi connectivity index (χ3v) is 15.9. The van der Waals surface area contributed by atoms with Gasteiger partial charge in [-0.2, -0.15) is 0 Å². The fourth-order valence-electron chi connectivity index (χ4n) is 12.9. The van der Waals surface area contributed by atoms with E-state index in [0.29, 0.717) is 36.6 Å². The lowest BCUT2D eigenvalue weighted by molar-refractivity contribution is -0.314. The summed E-state index contributed by atoms with van der Waals surface area (Å²) >= 11 is 0. The van der Waals surface area contributed by atoms with Crippen molar-refractivity contribution in [1.29, 1.82) is 0 Å². The van der Waals surface area contributed by atoms with E-state index in [1.807, 2.05) is 26.8 Å². The molecule has 1 aromatic rings. The molecule has 19 atom stereocenters. The minimum absolute atomic E-state index is 0.00300. The number of allylic oxidation sites excluding steroid dienone is 2. The van der Waals surface area contributed by atoms with E-state index in [0.717, 1.165) is 37.7 Å². The number of ether oxygens (including phenoxy) is 8. The van der Waals surface area contributed by atoms with Crippen LogP contribution in [0.3, 0.4) is 0 Å². The van der Waals surface area contributed by atoms with E-state index in [2.05, 4.69) is 43.8 Å². The molecule has 4 saturated heterocycles. The van der Waals surface area contributed by atoms with E-state index in [1.165, 1.54) is 6.07 Å². The molecule has 7 aliphatic rings. The molecule has 8 rings (SSSR count). The van der Waals surface area contributed by atoms with Crippen LogP contribution in [0.1, 0.15) is 91.0 Å². The van der Waals surface area contributed by atoms with Crippen molar-refractivity contribution < 1.29 is 51.9 Å². The fourth-order valence-corrected chi connectivity index (χ4v) is 12.9. The number of para-hydroxylation sites is 1. The molecule has 2 saturated carbocycles. The average molecular weight is 855 g/mol. The van der Waals surface area contributed by atoms with E-state index in [4.69, 9.17) is 37.9 Å². The van der Waals surface area contributed by atoms with Gasteiger partial charge in [0, 0.05) is 39.2 Å². The third kappa shape index (κ3) is 8.49. The molecule has 340 valence electrons. The highest BCUT2D eigenvalue weighted by atomic mass is 19.1. The monoisotopic (exact) mass is 855 g/mol. The predicted octanol–water partition coefficient (Wildman–Crippen LogP) is 6.64. The molecule has 1 aromatic carbocycles. The molecule has 0 amide bonds. The van der Waals surface area contributed by atoms with Crippen LogP contribution in [0, 0.1) is 48.2 Å². The Morgan fingerprint density at radius 3 is 2.28 bits per heavy atom. The first-order valence-corrected chi connectivity index (χ1v) is 23.1.